The van der Waals surface area contributed by atoms with E-state index in [2.05, 4.69) is 5.32 Å². The molecule has 1 saturated carbocycles. The maximum absolute atomic E-state index is 11.6. The maximum Gasteiger partial charge on any atom is 0.220 e. The van der Waals surface area contributed by atoms with Gasteiger partial charge in [0, 0.05) is 32.4 Å². The van der Waals surface area contributed by atoms with Crippen LogP contribution in [0.1, 0.15) is 39.0 Å². The molecule has 1 atom stereocenters. The zero-order valence-corrected chi connectivity index (χ0v) is 10.9. The molecular weight excluding hydrogens is 234 g/mol. The summed E-state index contributed by atoms with van der Waals surface area (Å²) in [6.07, 6.45) is 2.44. The average molecular weight is 255 g/mol. The molecule has 1 rings (SSSR count). The van der Waals surface area contributed by atoms with Gasteiger partial charge in [0.15, 0.2) is 11.6 Å². The van der Waals surface area contributed by atoms with Crippen LogP contribution in [0, 0.1) is 5.92 Å². The van der Waals surface area contributed by atoms with Gasteiger partial charge in [0.2, 0.25) is 5.91 Å². The van der Waals surface area contributed by atoms with Crippen molar-refractivity contribution < 1.29 is 19.1 Å². The van der Waals surface area contributed by atoms with Crippen molar-refractivity contribution in [3.05, 3.63) is 0 Å². The SMILES string of the molecule is CCCOCCNC(=O)CC1CCC(=O)C(=O)C1. The molecule has 18 heavy (non-hydrogen) atoms. The molecule has 0 radical (unpaired) electrons. The Bertz CT molecular complexity index is 314. The highest BCUT2D eigenvalue weighted by Crippen LogP contribution is 2.22. The van der Waals surface area contributed by atoms with Gasteiger partial charge in [0.05, 0.1) is 6.61 Å². The van der Waals surface area contributed by atoms with E-state index < -0.39 is 0 Å². The Kier molecular flexibility index (Phi) is 6.57. The van der Waals surface area contributed by atoms with E-state index in [0.29, 0.717) is 32.6 Å². The second-order valence-corrected chi connectivity index (χ2v) is 4.62. The molecule has 0 aromatic heterocycles. The molecule has 1 fully saturated rings. The fourth-order valence-electron chi connectivity index (χ4n) is 1.97. The van der Waals surface area contributed by atoms with E-state index in [0.717, 1.165) is 6.42 Å². The second kappa shape index (κ2) is 7.97. The zero-order chi connectivity index (χ0) is 13.4. The molecule has 1 aliphatic rings. The number of carbonyl (C=O) groups is 3. The molecule has 1 unspecified atom stereocenters. The van der Waals surface area contributed by atoms with E-state index >= 15 is 0 Å². The van der Waals surface area contributed by atoms with Gasteiger partial charge in [-0.25, -0.2) is 0 Å². The molecule has 0 saturated heterocycles. The largest absolute Gasteiger partial charge is 0.380 e. The molecular formula is C13H21NO4. The summed E-state index contributed by atoms with van der Waals surface area (Å²) < 4.78 is 5.24. The number of carbonyl (C=O) groups excluding carboxylic acids is 3. The highest BCUT2D eigenvalue weighted by Gasteiger charge is 2.27. The molecule has 0 bridgehead atoms. The van der Waals surface area contributed by atoms with Crippen LogP contribution in [0.15, 0.2) is 0 Å². The van der Waals surface area contributed by atoms with E-state index in [1.165, 1.54) is 0 Å². The molecule has 0 aliphatic heterocycles. The second-order valence-electron chi connectivity index (χ2n) is 4.62. The minimum Gasteiger partial charge on any atom is -0.380 e. The van der Waals surface area contributed by atoms with Gasteiger partial charge in [0.1, 0.15) is 0 Å². The first-order valence-electron chi connectivity index (χ1n) is 6.54. The standard InChI is InChI=1S/C13H21NO4/c1-2-6-18-7-5-14-13(17)9-10-3-4-11(15)12(16)8-10/h10H,2-9H2,1H3,(H,14,17). The third-order valence-corrected chi connectivity index (χ3v) is 2.96. The van der Waals surface area contributed by atoms with Crippen molar-refractivity contribution in [1.29, 1.82) is 0 Å². The number of amides is 1. The molecule has 0 spiro atoms. The molecule has 0 aromatic carbocycles. The van der Waals surface area contributed by atoms with Crippen molar-refractivity contribution in [3.8, 4) is 0 Å². The Morgan fingerprint density at radius 3 is 2.78 bits per heavy atom. The third kappa shape index (κ3) is 5.40. The van der Waals surface area contributed by atoms with Crippen molar-refractivity contribution in [1.82, 2.24) is 5.32 Å². The number of ether oxygens (including phenoxy) is 1. The molecule has 1 aliphatic carbocycles. The number of Topliss-reactive ketones (excluding diaryl/α,β-unsaturated/α-hetero) is 2. The van der Waals surface area contributed by atoms with E-state index in [4.69, 9.17) is 4.74 Å². The van der Waals surface area contributed by atoms with Crippen molar-refractivity contribution in [2.24, 2.45) is 5.92 Å². The van der Waals surface area contributed by atoms with Crippen LogP contribution in [-0.4, -0.2) is 37.2 Å². The van der Waals surface area contributed by atoms with Gasteiger partial charge in [-0.1, -0.05) is 6.92 Å². The molecule has 5 nitrogen and oxygen atoms in total. The molecule has 1 amide bonds. The van der Waals surface area contributed by atoms with Gasteiger partial charge in [-0.2, -0.15) is 0 Å². The average Bonchev–Trinajstić information content (AvgIpc) is 2.34. The number of nitrogens with one attached hydrogen (secondary N) is 1. The Morgan fingerprint density at radius 2 is 2.11 bits per heavy atom. The number of hydrogen-bond acceptors (Lipinski definition) is 4. The van der Waals surface area contributed by atoms with Crippen LogP contribution in [0.5, 0.6) is 0 Å². The third-order valence-electron chi connectivity index (χ3n) is 2.96. The monoisotopic (exact) mass is 255 g/mol. The van der Waals surface area contributed by atoms with Gasteiger partial charge >= 0.3 is 0 Å². The zero-order valence-electron chi connectivity index (χ0n) is 10.9. The smallest absolute Gasteiger partial charge is 0.220 e. The predicted molar refractivity (Wildman–Crippen MR) is 66.1 cm³/mol. The van der Waals surface area contributed by atoms with Crippen LogP contribution in [-0.2, 0) is 19.1 Å². The van der Waals surface area contributed by atoms with Crippen LogP contribution in [0.25, 0.3) is 0 Å². The molecule has 0 aromatic rings. The summed E-state index contributed by atoms with van der Waals surface area (Å²) in [4.78, 5) is 33.8. The number of hydrogen-bond donors (Lipinski definition) is 1. The number of ketones is 2. The lowest BCUT2D eigenvalue weighted by Gasteiger charge is -2.19. The lowest BCUT2D eigenvalue weighted by molar-refractivity contribution is -0.139. The van der Waals surface area contributed by atoms with Gasteiger partial charge in [-0.15, -0.1) is 0 Å². The molecule has 102 valence electrons. The van der Waals surface area contributed by atoms with Crippen LogP contribution in [0.3, 0.4) is 0 Å². The highest BCUT2D eigenvalue weighted by molar-refractivity contribution is 6.37. The van der Waals surface area contributed by atoms with E-state index in [1.807, 2.05) is 6.92 Å². The van der Waals surface area contributed by atoms with Crippen LogP contribution < -0.4 is 5.32 Å². The minimum atomic E-state index is -0.328. The number of rotatable bonds is 7. The van der Waals surface area contributed by atoms with Crippen molar-refractivity contribution in [2.45, 2.75) is 39.0 Å². The van der Waals surface area contributed by atoms with Crippen molar-refractivity contribution in [2.75, 3.05) is 19.8 Å². The van der Waals surface area contributed by atoms with Gasteiger partial charge < -0.3 is 10.1 Å². The summed E-state index contributed by atoms with van der Waals surface area (Å²) in [5, 5.41) is 2.75. The van der Waals surface area contributed by atoms with E-state index in [-0.39, 0.29) is 36.2 Å². The van der Waals surface area contributed by atoms with Gasteiger partial charge in [-0.05, 0) is 18.8 Å². The van der Waals surface area contributed by atoms with Crippen LogP contribution in [0.4, 0.5) is 0 Å². The Morgan fingerprint density at radius 1 is 1.33 bits per heavy atom. The minimum absolute atomic E-state index is 0.0201. The van der Waals surface area contributed by atoms with Gasteiger partial charge in [-0.3, -0.25) is 14.4 Å². The summed E-state index contributed by atoms with van der Waals surface area (Å²) in [6.45, 7) is 3.75. The van der Waals surface area contributed by atoms with Crippen LogP contribution in [0.2, 0.25) is 0 Å². The maximum atomic E-state index is 11.6. The lowest BCUT2D eigenvalue weighted by atomic mass is 9.85. The fraction of sp³-hybridized carbons (Fsp3) is 0.769. The highest BCUT2D eigenvalue weighted by atomic mass is 16.5. The van der Waals surface area contributed by atoms with Gasteiger partial charge in [0.25, 0.3) is 0 Å². The predicted octanol–water partition coefficient (Wildman–Crippen LogP) is 0.858. The van der Waals surface area contributed by atoms with Crippen molar-refractivity contribution >= 4 is 17.5 Å². The van der Waals surface area contributed by atoms with E-state index in [1.54, 1.807) is 0 Å². The Balaban J connectivity index is 2.12. The van der Waals surface area contributed by atoms with Crippen molar-refractivity contribution in [3.63, 3.8) is 0 Å². The summed E-state index contributed by atoms with van der Waals surface area (Å²) in [7, 11) is 0. The molecule has 0 heterocycles. The molecule has 1 N–H and O–H groups in total. The summed E-state index contributed by atoms with van der Waals surface area (Å²) >= 11 is 0. The van der Waals surface area contributed by atoms with Crippen LogP contribution >= 0.6 is 0 Å². The summed E-state index contributed by atoms with van der Waals surface area (Å²) in [5.41, 5.74) is 0. The lowest BCUT2D eigenvalue weighted by Crippen LogP contribution is -2.32. The first-order chi connectivity index (χ1) is 8.63. The quantitative estimate of drug-likeness (QED) is 0.541. The first kappa shape index (κ1) is 14.8. The topological polar surface area (TPSA) is 72.5 Å². The molecule has 5 heteroatoms. The Hall–Kier alpha value is -1.23. The Labute approximate surface area is 107 Å². The fourth-order valence-corrected chi connectivity index (χ4v) is 1.97. The normalized spacial score (nSPS) is 19.9. The van der Waals surface area contributed by atoms with E-state index in [9.17, 15) is 14.4 Å². The summed E-state index contributed by atoms with van der Waals surface area (Å²) in [6, 6.07) is 0. The first-order valence-corrected chi connectivity index (χ1v) is 6.54. The summed E-state index contributed by atoms with van der Waals surface area (Å²) in [5.74, 6) is -0.668.